The maximum Gasteiger partial charge on any atom is 0.221 e. The first-order valence-corrected chi connectivity index (χ1v) is 4.85. The van der Waals surface area contributed by atoms with Crippen molar-refractivity contribution in [2.75, 3.05) is 19.7 Å². The Morgan fingerprint density at radius 3 is 2.36 bits per heavy atom. The molecule has 0 rings (SSSR count). The van der Waals surface area contributed by atoms with E-state index >= 15 is 0 Å². The quantitative estimate of drug-likeness (QED) is 0.516. The SMILES string of the molecule is CCNC(=O)CCNC(=O)CCCO. The molecule has 0 fully saturated rings. The van der Waals surface area contributed by atoms with Crippen LogP contribution >= 0.6 is 0 Å². The maximum atomic E-state index is 11.0. The molecule has 0 atom stereocenters. The van der Waals surface area contributed by atoms with E-state index in [9.17, 15) is 9.59 Å². The summed E-state index contributed by atoms with van der Waals surface area (Å²) in [6, 6.07) is 0. The zero-order chi connectivity index (χ0) is 10.8. The normalized spacial score (nSPS) is 9.57. The second kappa shape index (κ2) is 8.50. The molecule has 0 bridgehead atoms. The fourth-order valence-corrected chi connectivity index (χ4v) is 0.929. The van der Waals surface area contributed by atoms with E-state index in [1.54, 1.807) is 0 Å². The van der Waals surface area contributed by atoms with Crippen LogP contribution in [0.15, 0.2) is 0 Å². The Hall–Kier alpha value is -1.10. The van der Waals surface area contributed by atoms with Crippen LogP contribution in [0.1, 0.15) is 26.2 Å². The van der Waals surface area contributed by atoms with Gasteiger partial charge >= 0.3 is 0 Å². The van der Waals surface area contributed by atoms with Gasteiger partial charge in [-0.3, -0.25) is 9.59 Å². The maximum absolute atomic E-state index is 11.0. The van der Waals surface area contributed by atoms with Crippen molar-refractivity contribution >= 4 is 11.8 Å². The van der Waals surface area contributed by atoms with Crippen molar-refractivity contribution in [1.29, 1.82) is 0 Å². The van der Waals surface area contributed by atoms with Crippen molar-refractivity contribution in [3.8, 4) is 0 Å². The van der Waals surface area contributed by atoms with Crippen LogP contribution in [0.4, 0.5) is 0 Å². The minimum absolute atomic E-state index is 0.0176. The standard InChI is InChI=1S/C9H18N2O3/c1-2-10-9(14)5-6-11-8(13)4-3-7-12/h12H,2-7H2,1H3,(H,10,14)(H,11,13). The summed E-state index contributed by atoms with van der Waals surface area (Å²) >= 11 is 0. The van der Waals surface area contributed by atoms with Crippen LogP contribution in [-0.4, -0.2) is 36.6 Å². The number of aliphatic hydroxyl groups excluding tert-OH is 1. The molecule has 5 nitrogen and oxygen atoms in total. The van der Waals surface area contributed by atoms with Crippen LogP contribution in [0.5, 0.6) is 0 Å². The van der Waals surface area contributed by atoms with E-state index in [-0.39, 0.29) is 18.4 Å². The van der Waals surface area contributed by atoms with Gasteiger partial charge in [-0.1, -0.05) is 0 Å². The van der Waals surface area contributed by atoms with Gasteiger partial charge in [0.25, 0.3) is 0 Å². The minimum Gasteiger partial charge on any atom is -0.396 e. The largest absolute Gasteiger partial charge is 0.396 e. The molecule has 0 aromatic heterocycles. The number of carbonyl (C=O) groups excluding carboxylic acids is 2. The van der Waals surface area contributed by atoms with E-state index in [1.165, 1.54) is 0 Å². The summed E-state index contributed by atoms with van der Waals surface area (Å²) < 4.78 is 0. The van der Waals surface area contributed by atoms with E-state index in [0.717, 1.165) is 0 Å². The first kappa shape index (κ1) is 12.9. The van der Waals surface area contributed by atoms with Gasteiger partial charge in [0.15, 0.2) is 0 Å². The lowest BCUT2D eigenvalue weighted by atomic mass is 10.3. The van der Waals surface area contributed by atoms with E-state index in [0.29, 0.717) is 32.4 Å². The summed E-state index contributed by atoms with van der Waals surface area (Å²) in [7, 11) is 0. The van der Waals surface area contributed by atoms with Crippen LogP contribution in [0.25, 0.3) is 0 Å². The Balaban J connectivity index is 3.34. The summed E-state index contributed by atoms with van der Waals surface area (Å²) in [5.74, 6) is -0.182. The predicted octanol–water partition coefficient (Wildman–Crippen LogP) is -0.599. The fraction of sp³-hybridized carbons (Fsp3) is 0.778. The predicted molar refractivity (Wildman–Crippen MR) is 52.6 cm³/mol. The zero-order valence-corrected chi connectivity index (χ0v) is 8.51. The van der Waals surface area contributed by atoms with Crippen LogP contribution in [0.3, 0.4) is 0 Å². The summed E-state index contributed by atoms with van der Waals surface area (Å²) in [4.78, 5) is 21.9. The highest BCUT2D eigenvalue weighted by atomic mass is 16.3. The number of carbonyl (C=O) groups is 2. The topological polar surface area (TPSA) is 78.4 Å². The van der Waals surface area contributed by atoms with E-state index in [1.807, 2.05) is 6.92 Å². The monoisotopic (exact) mass is 202 g/mol. The Morgan fingerprint density at radius 2 is 1.79 bits per heavy atom. The van der Waals surface area contributed by atoms with Gasteiger partial charge < -0.3 is 15.7 Å². The lowest BCUT2D eigenvalue weighted by Gasteiger charge is -2.04. The fourth-order valence-electron chi connectivity index (χ4n) is 0.929. The highest BCUT2D eigenvalue weighted by Crippen LogP contribution is 1.86. The van der Waals surface area contributed by atoms with Gasteiger partial charge in [0.2, 0.25) is 11.8 Å². The molecule has 0 saturated carbocycles. The van der Waals surface area contributed by atoms with Crippen LogP contribution in [0, 0.1) is 0 Å². The lowest BCUT2D eigenvalue weighted by molar-refractivity contribution is -0.122. The Bertz CT molecular complexity index is 183. The first-order chi connectivity index (χ1) is 6.70. The smallest absolute Gasteiger partial charge is 0.221 e. The first-order valence-electron chi connectivity index (χ1n) is 4.85. The van der Waals surface area contributed by atoms with Crippen molar-refractivity contribution in [3.05, 3.63) is 0 Å². The van der Waals surface area contributed by atoms with Crippen molar-refractivity contribution in [2.24, 2.45) is 0 Å². The van der Waals surface area contributed by atoms with E-state index in [2.05, 4.69) is 10.6 Å². The van der Waals surface area contributed by atoms with Gasteiger partial charge in [-0.25, -0.2) is 0 Å². The second-order valence-corrected chi connectivity index (χ2v) is 2.88. The van der Waals surface area contributed by atoms with Crippen molar-refractivity contribution in [3.63, 3.8) is 0 Å². The number of hydrogen-bond donors (Lipinski definition) is 3. The average Bonchev–Trinajstić information content (AvgIpc) is 2.15. The third-order valence-electron chi connectivity index (χ3n) is 1.61. The molecule has 2 amide bonds. The molecule has 0 aliphatic rings. The molecule has 0 radical (unpaired) electrons. The molecule has 3 N–H and O–H groups in total. The molecular weight excluding hydrogens is 184 g/mol. The van der Waals surface area contributed by atoms with Gasteiger partial charge in [-0.05, 0) is 13.3 Å². The molecule has 0 unspecified atom stereocenters. The summed E-state index contributed by atoms with van der Waals surface area (Å²) in [5.41, 5.74) is 0. The Kier molecular flexibility index (Phi) is 7.83. The van der Waals surface area contributed by atoms with Crippen LogP contribution < -0.4 is 10.6 Å². The second-order valence-electron chi connectivity index (χ2n) is 2.88. The van der Waals surface area contributed by atoms with Crippen molar-refractivity contribution in [2.45, 2.75) is 26.2 Å². The van der Waals surface area contributed by atoms with Gasteiger partial charge in [-0.2, -0.15) is 0 Å². The van der Waals surface area contributed by atoms with Crippen molar-refractivity contribution in [1.82, 2.24) is 10.6 Å². The highest BCUT2D eigenvalue weighted by molar-refractivity contribution is 5.78. The van der Waals surface area contributed by atoms with Crippen molar-refractivity contribution < 1.29 is 14.7 Å². The summed E-state index contributed by atoms with van der Waals surface area (Å²) in [6.45, 7) is 2.83. The van der Waals surface area contributed by atoms with E-state index in [4.69, 9.17) is 5.11 Å². The van der Waals surface area contributed by atoms with Gasteiger partial charge in [0.05, 0.1) is 0 Å². The number of rotatable bonds is 7. The Labute approximate surface area is 83.9 Å². The Morgan fingerprint density at radius 1 is 1.14 bits per heavy atom. The highest BCUT2D eigenvalue weighted by Gasteiger charge is 2.02. The molecule has 14 heavy (non-hydrogen) atoms. The molecule has 0 aromatic carbocycles. The molecule has 0 heterocycles. The third kappa shape index (κ3) is 7.54. The van der Waals surface area contributed by atoms with E-state index < -0.39 is 0 Å². The van der Waals surface area contributed by atoms with Gasteiger partial charge in [0, 0.05) is 32.5 Å². The molecule has 0 spiro atoms. The summed E-state index contributed by atoms with van der Waals surface area (Å²) in [6.07, 6.45) is 1.08. The average molecular weight is 202 g/mol. The molecule has 0 saturated heterocycles. The molecular formula is C9H18N2O3. The lowest BCUT2D eigenvalue weighted by Crippen LogP contribution is -2.30. The third-order valence-corrected chi connectivity index (χ3v) is 1.61. The molecule has 0 aliphatic heterocycles. The molecule has 0 aliphatic carbocycles. The molecule has 5 heteroatoms. The van der Waals surface area contributed by atoms with Gasteiger partial charge in [0.1, 0.15) is 0 Å². The molecule has 82 valence electrons. The summed E-state index contributed by atoms with van der Waals surface area (Å²) in [5, 5.41) is 13.7. The number of aliphatic hydroxyl groups is 1. The number of amides is 2. The minimum atomic E-state index is -0.122. The molecule has 0 aromatic rings. The number of nitrogens with one attached hydrogen (secondary N) is 2. The number of hydrogen-bond acceptors (Lipinski definition) is 3. The van der Waals surface area contributed by atoms with Gasteiger partial charge in [-0.15, -0.1) is 0 Å². The van der Waals surface area contributed by atoms with Crippen LogP contribution in [-0.2, 0) is 9.59 Å². The van der Waals surface area contributed by atoms with Crippen LogP contribution in [0.2, 0.25) is 0 Å². The zero-order valence-electron chi connectivity index (χ0n) is 8.51.